The molecule has 1 rings (SSSR count). The van der Waals surface area contributed by atoms with Crippen molar-refractivity contribution in [1.29, 1.82) is 0 Å². The molecule has 0 radical (unpaired) electrons. The molecule has 1 N–H and O–H groups in total. The third-order valence-electron chi connectivity index (χ3n) is 2.30. The van der Waals surface area contributed by atoms with Gasteiger partial charge in [-0.3, -0.25) is 0 Å². The lowest BCUT2D eigenvalue weighted by molar-refractivity contribution is 0.0714. The van der Waals surface area contributed by atoms with Gasteiger partial charge in [0, 0.05) is 32.5 Å². The highest BCUT2D eigenvalue weighted by atomic mass is 16.5. The van der Waals surface area contributed by atoms with Gasteiger partial charge in [0.15, 0.2) is 5.82 Å². The van der Waals surface area contributed by atoms with Gasteiger partial charge in [0.1, 0.15) is 0 Å². The summed E-state index contributed by atoms with van der Waals surface area (Å²) in [5.41, 5.74) is 0. The predicted octanol–water partition coefficient (Wildman–Crippen LogP) is 0.816. The molecule has 104 valence electrons. The largest absolute Gasteiger partial charge is 0.382 e. The molecule has 0 aliphatic carbocycles. The van der Waals surface area contributed by atoms with E-state index in [0.717, 1.165) is 13.0 Å². The fourth-order valence-electron chi connectivity index (χ4n) is 1.37. The van der Waals surface area contributed by atoms with Crippen molar-refractivity contribution in [2.24, 2.45) is 0 Å². The van der Waals surface area contributed by atoms with Crippen LogP contribution in [0.4, 0.5) is 0 Å². The standard InChI is InChI=1S/C12H23N3O3/c1-10(2)13-6-4-12-14-11(15-18-12)5-7-17-9-8-16-3/h10,13H,4-9H2,1-3H3. The highest BCUT2D eigenvalue weighted by Crippen LogP contribution is 1.99. The summed E-state index contributed by atoms with van der Waals surface area (Å²) in [6.07, 6.45) is 1.43. The Bertz CT molecular complexity index is 315. The predicted molar refractivity (Wildman–Crippen MR) is 67.5 cm³/mol. The van der Waals surface area contributed by atoms with Gasteiger partial charge in [0.05, 0.1) is 19.8 Å². The molecule has 0 atom stereocenters. The highest BCUT2D eigenvalue weighted by Gasteiger charge is 2.06. The Hall–Kier alpha value is -0.980. The molecule has 0 aromatic carbocycles. The minimum atomic E-state index is 0.474. The summed E-state index contributed by atoms with van der Waals surface area (Å²) in [4.78, 5) is 4.30. The van der Waals surface area contributed by atoms with Crippen molar-refractivity contribution in [3.05, 3.63) is 11.7 Å². The molecule has 0 amide bonds. The minimum Gasteiger partial charge on any atom is -0.382 e. The van der Waals surface area contributed by atoms with Crippen LogP contribution in [-0.4, -0.2) is 49.7 Å². The van der Waals surface area contributed by atoms with Crippen LogP contribution in [0.25, 0.3) is 0 Å². The molecule has 0 aliphatic heterocycles. The summed E-state index contributed by atoms with van der Waals surface area (Å²) in [5, 5.41) is 7.21. The van der Waals surface area contributed by atoms with Crippen molar-refractivity contribution in [2.75, 3.05) is 33.5 Å². The second-order valence-electron chi connectivity index (χ2n) is 4.32. The van der Waals surface area contributed by atoms with Gasteiger partial charge in [0.2, 0.25) is 5.89 Å². The Morgan fingerprint density at radius 1 is 1.22 bits per heavy atom. The third-order valence-corrected chi connectivity index (χ3v) is 2.30. The van der Waals surface area contributed by atoms with Gasteiger partial charge in [-0.1, -0.05) is 19.0 Å². The number of nitrogens with zero attached hydrogens (tertiary/aromatic N) is 2. The summed E-state index contributed by atoms with van der Waals surface area (Å²) in [7, 11) is 1.65. The van der Waals surface area contributed by atoms with Crippen LogP contribution in [0.3, 0.4) is 0 Å². The van der Waals surface area contributed by atoms with Crippen LogP contribution in [0.1, 0.15) is 25.6 Å². The average molecular weight is 257 g/mol. The summed E-state index contributed by atoms with van der Waals surface area (Å²) < 4.78 is 15.4. The van der Waals surface area contributed by atoms with Crippen molar-refractivity contribution in [2.45, 2.75) is 32.7 Å². The summed E-state index contributed by atoms with van der Waals surface area (Å²) in [6.45, 7) is 6.86. The molecular weight excluding hydrogens is 234 g/mol. The van der Waals surface area contributed by atoms with Crippen LogP contribution >= 0.6 is 0 Å². The maximum atomic E-state index is 5.34. The van der Waals surface area contributed by atoms with Crippen molar-refractivity contribution in [3.8, 4) is 0 Å². The minimum absolute atomic E-state index is 0.474. The van der Waals surface area contributed by atoms with Crippen molar-refractivity contribution in [1.82, 2.24) is 15.5 Å². The van der Waals surface area contributed by atoms with Crippen LogP contribution < -0.4 is 5.32 Å². The SMILES string of the molecule is COCCOCCc1noc(CCNC(C)C)n1. The normalized spacial score (nSPS) is 11.3. The Morgan fingerprint density at radius 3 is 2.78 bits per heavy atom. The van der Waals surface area contributed by atoms with Crippen LogP contribution in [0.15, 0.2) is 4.52 Å². The van der Waals surface area contributed by atoms with E-state index in [1.54, 1.807) is 7.11 Å². The second-order valence-corrected chi connectivity index (χ2v) is 4.32. The van der Waals surface area contributed by atoms with Gasteiger partial charge in [-0.15, -0.1) is 0 Å². The monoisotopic (exact) mass is 257 g/mol. The lowest BCUT2D eigenvalue weighted by Crippen LogP contribution is -2.25. The topological polar surface area (TPSA) is 69.4 Å². The van der Waals surface area contributed by atoms with Crippen LogP contribution in [0.5, 0.6) is 0 Å². The molecule has 6 heteroatoms. The maximum Gasteiger partial charge on any atom is 0.227 e. The van der Waals surface area contributed by atoms with E-state index >= 15 is 0 Å². The summed E-state index contributed by atoms with van der Waals surface area (Å²) in [6, 6.07) is 0.474. The molecule has 1 heterocycles. The summed E-state index contributed by atoms with van der Waals surface area (Å²) >= 11 is 0. The molecule has 1 aromatic heterocycles. The Balaban J connectivity index is 2.13. The van der Waals surface area contributed by atoms with E-state index in [2.05, 4.69) is 29.3 Å². The number of nitrogens with one attached hydrogen (secondary N) is 1. The molecule has 0 unspecified atom stereocenters. The van der Waals surface area contributed by atoms with Gasteiger partial charge in [0.25, 0.3) is 0 Å². The number of rotatable bonds is 10. The lowest BCUT2D eigenvalue weighted by Gasteiger charge is -2.04. The number of hydrogen-bond donors (Lipinski definition) is 1. The van der Waals surface area contributed by atoms with E-state index in [9.17, 15) is 0 Å². The Kier molecular flexibility index (Phi) is 7.55. The second kappa shape index (κ2) is 9.02. The van der Waals surface area contributed by atoms with Crippen molar-refractivity contribution in [3.63, 3.8) is 0 Å². The van der Waals surface area contributed by atoms with Gasteiger partial charge in [-0.25, -0.2) is 0 Å². The fraction of sp³-hybridized carbons (Fsp3) is 0.833. The van der Waals surface area contributed by atoms with E-state index in [1.165, 1.54) is 0 Å². The fourth-order valence-corrected chi connectivity index (χ4v) is 1.37. The van der Waals surface area contributed by atoms with Gasteiger partial charge >= 0.3 is 0 Å². The zero-order chi connectivity index (χ0) is 13.2. The lowest BCUT2D eigenvalue weighted by atomic mass is 10.3. The van der Waals surface area contributed by atoms with E-state index in [-0.39, 0.29) is 0 Å². The first-order valence-electron chi connectivity index (χ1n) is 6.34. The molecule has 0 spiro atoms. The van der Waals surface area contributed by atoms with Crippen molar-refractivity contribution < 1.29 is 14.0 Å². The smallest absolute Gasteiger partial charge is 0.227 e. The van der Waals surface area contributed by atoms with Crippen LogP contribution in [-0.2, 0) is 22.3 Å². The van der Waals surface area contributed by atoms with Gasteiger partial charge in [-0.2, -0.15) is 4.98 Å². The molecule has 0 fully saturated rings. The van der Waals surface area contributed by atoms with E-state index in [1.807, 2.05) is 0 Å². The number of hydrogen-bond acceptors (Lipinski definition) is 6. The highest BCUT2D eigenvalue weighted by molar-refractivity contribution is 4.87. The van der Waals surface area contributed by atoms with E-state index in [0.29, 0.717) is 44.0 Å². The zero-order valence-electron chi connectivity index (χ0n) is 11.4. The third kappa shape index (κ3) is 6.68. The first-order chi connectivity index (χ1) is 8.72. The van der Waals surface area contributed by atoms with E-state index in [4.69, 9.17) is 14.0 Å². The Morgan fingerprint density at radius 2 is 2.06 bits per heavy atom. The number of aromatic nitrogens is 2. The van der Waals surface area contributed by atoms with Crippen LogP contribution in [0.2, 0.25) is 0 Å². The molecular formula is C12H23N3O3. The average Bonchev–Trinajstić information content (AvgIpc) is 2.76. The van der Waals surface area contributed by atoms with Gasteiger partial charge < -0.3 is 19.3 Å². The zero-order valence-corrected chi connectivity index (χ0v) is 11.4. The number of methoxy groups -OCH3 is 1. The van der Waals surface area contributed by atoms with Crippen molar-refractivity contribution >= 4 is 0 Å². The molecule has 0 aliphatic rings. The molecule has 0 bridgehead atoms. The molecule has 0 saturated carbocycles. The molecule has 0 saturated heterocycles. The number of ether oxygens (including phenoxy) is 2. The first kappa shape index (κ1) is 15.1. The first-order valence-corrected chi connectivity index (χ1v) is 6.34. The molecule has 6 nitrogen and oxygen atoms in total. The van der Waals surface area contributed by atoms with E-state index < -0.39 is 0 Å². The van der Waals surface area contributed by atoms with Gasteiger partial charge in [-0.05, 0) is 0 Å². The Labute approximate surface area is 108 Å². The maximum absolute atomic E-state index is 5.34. The molecule has 1 aromatic rings. The molecule has 18 heavy (non-hydrogen) atoms. The summed E-state index contributed by atoms with van der Waals surface area (Å²) in [5.74, 6) is 1.38. The van der Waals surface area contributed by atoms with Crippen LogP contribution in [0, 0.1) is 0 Å². The quantitative estimate of drug-likeness (QED) is 0.626.